The van der Waals surface area contributed by atoms with Crippen molar-refractivity contribution in [1.29, 1.82) is 0 Å². The molecule has 0 saturated carbocycles. The van der Waals surface area contributed by atoms with Gasteiger partial charge in [0.05, 0.1) is 0 Å². The largest absolute Gasteiger partial charge is 0.310 e. The summed E-state index contributed by atoms with van der Waals surface area (Å²) in [4.78, 5) is 6.47. The van der Waals surface area contributed by atoms with Gasteiger partial charge in [0.15, 0.2) is 0 Å². The van der Waals surface area contributed by atoms with Crippen molar-refractivity contribution >= 4 is 44.7 Å². The molecule has 0 radical (unpaired) electrons. The van der Waals surface area contributed by atoms with E-state index < -0.39 is 0 Å². The Morgan fingerprint density at radius 2 is 1.17 bits per heavy atom. The molecule has 0 N–H and O–H groups in total. The molecule has 0 unspecified atom stereocenters. The second-order valence-corrected chi connectivity index (χ2v) is 7.07. The number of nitrogens with zero attached hydrogens (tertiary/aromatic N) is 2. The zero-order chi connectivity index (χ0) is 19.6. The van der Waals surface area contributed by atoms with Gasteiger partial charge in [-0.3, -0.25) is 4.98 Å². The van der Waals surface area contributed by atoms with Crippen molar-refractivity contribution in [3.05, 3.63) is 116 Å². The van der Waals surface area contributed by atoms with Crippen molar-refractivity contribution < 1.29 is 0 Å². The van der Waals surface area contributed by atoms with Gasteiger partial charge in [0.1, 0.15) is 0 Å². The van der Waals surface area contributed by atoms with Crippen molar-refractivity contribution in [3.63, 3.8) is 0 Å². The van der Waals surface area contributed by atoms with Gasteiger partial charge in [-0.25, -0.2) is 0 Å². The average molecular weight is 372 g/mol. The Morgan fingerprint density at radius 3 is 1.90 bits per heavy atom. The Bertz CT molecular complexity index is 1320. The summed E-state index contributed by atoms with van der Waals surface area (Å²) in [5, 5.41) is 4.87. The smallest absolute Gasteiger partial charge is 0.0492 e. The van der Waals surface area contributed by atoms with Crippen LogP contribution < -0.4 is 4.90 Å². The van der Waals surface area contributed by atoms with Gasteiger partial charge in [-0.2, -0.15) is 0 Å². The molecule has 1 aromatic heterocycles. The third-order valence-electron chi connectivity index (χ3n) is 5.25. The Hall–Kier alpha value is -3.91. The molecule has 0 aliphatic rings. The highest BCUT2D eigenvalue weighted by molar-refractivity contribution is 5.93. The number of fused-ring (bicyclic) bond motifs is 2. The average Bonchev–Trinajstić information content (AvgIpc) is 2.79. The van der Waals surface area contributed by atoms with E-state index in [1.54, 1.807) is 0 Å². The molecule has 0 aliphatic carbocycles. The van der Waals surface area contributed by atoms with Crippen molar-refractivity contribution in [1.82, 2.24) is 4.98 Å². The van der Waals surface area contributed by atoms with E-state index in [1.807, 2.05) is 30.6 Å². The molecule has 0 fully saturated rings. The maximum atomic E-state index is 4.20. The van der Waals surface area contributed by atoms with Crippen LogP contribution in [-0.2, 0) is 0 Å². The molecule has 0 bridgehead atoms. The summed E-state index contributed by atoms with van der Waals surface area (Å²) in [6.07, 6.45) is 5.55. The van der Waals surface area contributed by atoms with Crippen LogP contribution in [0.15, 0.2) is 110 Å². The fourth-order valence-corrected chi connectivity index (χ4v) is 3.77. The molecule has 29 heavy (non-hydrogen) atoms. The molecule has 2 nitrogen and oxygen atoms in total. The SMILES string of the molecule is C=Cc1ccc2cc(N(c3ccncc3)c3ccc4ccccc4c3)ccc2c1. The normalized spacial score (nSPS) is 10.9. The summed E-state index contributed by atoms with van der Waals surface area (Å²) in [5.41, 5.74) is 4.45. The van der Waals surface area contributed by atoms with Gasteiger partial charge in [0.25, 0.3) is 0 Å². The molecule has 0 amide bonds. The van der Waals surface area contributed by atoms with E-state index in [0.717, 1.165) is 22.6 Å². The van der Waals surface area contributed by atoms with Crippen molar-refractivity contribution in [2.24, 2.45) is 0 Å². The highest BCUT2D eigenvalue weighted by Crippen LogP contribution is 2.37. The summed E-state index contributed by atoms with van der Waals surface area (Å²) < 4.78 is 0. The van der Waals surface area contributed by atoms with E-state index in [2.05, 4.69) is 95.3 Å². The molecular formula is C27H20N2. The molecule has 0 atom stereocenters. The van der Waals surface area contributed by atoms with Gasteiger partial charge in [-0.15, -0.1) is 0 Å². The summed E-state index contributed by atoms with van der Waals surface area (Å²) in [5.74, 6) is 0. The summed E-state index contributed by atoms with van der Waals surface area (Å²) in [6.45, 7) is 3.87. The van der Waals surface area contributed by atoms with Crippen molar-refractivity contribution in [2.75, 3.05) is 4.90 Å². The lowest BCUT2D eigenvalue weighted by molar-refractivity contribution is 1.25. The number of anilines is 3. The number of hydrogen-bond acceptors (Lipinski definition) is 2. The molecular weight excluding hydrogens is 352 g/mol. The summed E-state index contributed by atoms with van der Waals surface area (Å²) in [7, 11) is 0. The van der Waals surface area contributed by atoms with Crippen LogP contribution in [0.3, 0.4) is 0 Å². The number of benzene rings is 4. The predicted molar refractivity (Wildman–Crippen MR) is 124 cm³/mol. The van der Waals surface area contributed by atoms with Crippen LogP contribution in [0.25, 0.3) is 27.6 Å². The van der Waals surface area contributed by atoms with Crippen LogP contribution in [0, 0.1) is 0 Å². The first kappa shape index (κ1) is 17.2. The van der Waals surface area contributed by atoms with Gasteiger partial charge in [0.2, 0.25) is 0 Å². The number of aromatic nitrogens is 1. The van der Waals surface area contributed by atoms with Gasteiger partial charge in [-0.05, 0) is 69.6 Å². The van der Waals surface area contributed by atoms with Gasteiger partial charge >= 0.3 is 0 Å². The van der Waals surface area contributed by atoms with E-state index >= 15 is 0 Å². The van der Waals surface area contributed by atoms with Crippen LogP contribution >= 0.6 is 0 Å². The van der Waals surface area contributed by atoms with E-state index in [4.69, 9.17) is 0 Å². The second kappa shape index (κ2) is 7.25. The van der Waals surface area contributed by atoms with E-state index in [-0.39, 0.29) is 0 Å². The molecule has 0 spiro atoms. The molecule has 1 heterocycles. The van der Waals surface area contributed by atoms with Crippen LogP contribution in [0.5, 0.6) is 0 Å². The molecule has 2 heteroatoms. The van der Waals surface area contributed by atoms with Crippen LogP contribution in [-0.4, -0.2) is 4.98 Å². The Balaban J connectivity index is 1.69. The Kier molecular flexibility index (Phi) is 4.30. The maximum absolute atomic E-state index is 4.20. The summed E-state index contributed by atoms with van der Waals surface area (Å²) >= 11 is 0. The highest BCUT2D eigenvalue weighted by atomic mass is 15.1. The lowest BCUT2D eigenvalue weighted by atomic mass is 10.0. The van der Waals surface area contributed by atoms with Gasteiger partial charge in [-0.1, -0.05) is 61.2 Å². The third kappa shape index (κ3) is 3.26. The van der Waals surface area contributed by atoms with Gasteiger partial charge in [0, 0.05) is 29.5 Å². The van der Waals surface area contributed by atoms with Crippen LogP contribution in [0.4, 0.5) is 17.1 Å². The first-order valence-corrected chi connectivity index (χ1v) is 9.67. The zero-order valence-electron chi connectivity index (χ0n) is 16.0. The van der Waals surface area contributed by atoms with Gasteiger partial charge < -0.3 is 4.90 Å². The second-order valence-electron chi connectivity index (χ2n) is 7.07. The Morgan fingerprint density at radius 1 is 0.586 bits per heavy atom. The quantitative estimate of drug-likeness (QED) is 0.325. The fourth-order valence-electron chi connectivity index (χ4n) is 3.77. The number of pyridine rings is 1. The summed E-state index contributed by atoms with van der Waals surface area (Å²) in [6, 6.07) is 32.1. The number of hydrogen-bond donors (Lipinski definition) is 0. The van der Waals surface area contributed by atoms with E-state index in [1.165, 1.54) is 21.5 Å². The minimum absolute atomic E-state index is 1.08. The molecule has 5 rings (SSSR count). The molecule has 0 saturated heterocycles. The minimum atomic E-state index is 1.08. The predicted octanol–water partition coefficient (Wildman–Crippen LogP) is 7.50. The Labute approximate surface area is 170 Å². The molecule has 4 aromatic carbocycles. The van der Waals surface area contributed by atoms with E-state index in [0.29, 0.717) is 0 Å². The maximum Gasteiger partial charge on any atom is 0.0492 e. The first-order chi connectivity index (χ1) is 14.3. The minimum Gasteiger partial charge on any atom is -0.310 e. The van der Waals surface area contributed by atoms with Crippen molar-refractivity contribution in [3.8, 4) is 0 Å². The van der Waals surface area contributed by atoms with E-state index in [9.17, 15) is 0 Å². The fraction of sp³-hybridized carbons (Fsp3) is 0. The molecule has 0 aliphatic heterocycles. The monoisotopic (exact) mass is 372 g/mol. The van der Waals surface area contributed by atoms with Crippen molar-refractivity contribution in [2.45, 2.75) is 0 Å². The molecule has 5 aromatic rings. The first-order valence-electron chi connectivity index (χ1n) is 9.67. The topological polar surface area (TPSA) is 16.1 Å². The third-order valence-corrected chi connectivity index (χ3v) is 5.25. The van der Waals surface area contributed by atoms with Crippen LogP contribution in [0.1, 0.15) is 5.56 Å². The van der Waals surface area contributed by atoms with Crippen LogP contribution in [0.2, 0.25) is 0 Å². The standard InChI is InChI=1S/C27H20N2/c1-2-20-7-8-24-19-27(12-10-23(24)17-20)29(25-13-15-28-16-14-25)26-11-9-21-5-3-4-6-22(21)18-26/h2-19H,1H2. The zero-order valence-corrected chi connectivity index (χ0v) is 16.0. The lowest BCUT2D eigenvalue weighted by Gasteiger charge is -2.26. The number of rotatable bonds is 4. The lowest BCUT2D eigenvalue weighted by Crippen LogP contribution is -2.09. The molecule has 138 valence electrons. The highest BCUT2D eigenvalue weighted by Gasteiger charge is 2.13.